The van der Waals surface area contributed by atoms with Crippen LogP contribution in [0.15, 0.2) is 18.2 Å². The number of nitriles is 1. The van der Waals surface area contributed by atoms with Gasteiger partial charge in [-0.15, -0.1) is 0 Å². The largest absolute Gasteiger partial charge is 0.495 e. The Balaban J connectivity index is 2.65. The Morgan fingerprint density at radius 2 is 2.11 bits per heavy atom. The minimum absolute atomic E-state index is 0.589. The lowest BCUT2D eigenvalue weighted by Crippen LogP contribution is -2.20. The van der Waals surface area contributed by atoms with Crippen LogP contribution < -0.4 is 4.74 Å². The van der Waals surface area contributed by atoms with Gasteiger partial charge in [-0.25, -0.2) is 0 Å². The van der Waals surface area contributed by atoms with Gasteiger partial charge in [0.2, 0.25) is 0 Å². The second-order valence-electron chi connectivity index (χ2n) is 5.07. The Labute approximate surface area is 110 Å². The molecule has 0 heterocycles. The van der Waals surface area contributed by atoms with E-state index in [0.717, 1.165) is 19.0 Å². The van der Waals surface area contributed by atoms with Crippen molar-refractivity contribution in [1.82, 2.24) is 4.90 Å². The number of methoxy groups -OCH3 is 1. The predicted molar refractivity (Wildman–Crippen MR) is 73.5 cm³/mol. The summed E-state index contributed by atoms with van der Waals surface area (Å²) in [6.07, 6.45) is 1.20. The summed E-state index contributed by atoms with van der Waals surface area (Å²) in [6.45, 7) is 6.44. The summed E-state index contributed by atoms with van der Waals surface area (Å²) in [5.74, 6) is 1.38. The van der Waals surface area contributed by atoms with Gasteiger partial charge in [0.1, 0.15) is 11.8 Å². The smallest absolute Gasteiger partial charge is 0.136 e. The molecule has 0 aromatic heterocycles. The minimum Gasteiger partial charge on any atom is -0.495 e. The van der Waals surface area contributed by atoms with E-state index >= 15 is 0 Å². The van der Waals surface area contributed by atoms with Crippen molar-refractivity contribution in [2.24, 2.45) is 5.92 Å². The van der Waals surface area contributed by atoms with Gasteiger partial charge >= 0.3 is 0 Å². The summed E-state index contributed by atoms with van der Waals surface area (Å²) >= 11 is 0. The molecule has 3 nitrogen and oxygen atoms in total. The highest BCUT2D eigenvalue weighted by Crippen LogP contribution is 2.20. The first-order valence-corrected chi connectivity index (χ1v) is 6.32. The lowest BCUT2D eigenvalue weighted by molar-refractivity contribution is 0.303. The molecule has 0 aliphatic rings. The van der Waals surface area contributed by atoms with Gasteiger partial charge in [-0.3, -0.25) is 0 Å². The highest BCUT2D eigenvalue weighted by atomic mass is 16.5. The minimum atomic E-state index is 0.589. The molecule has 18 heavy (non-hydrogen) atoms. The van der Waals surface area contributed by atoms with Gasteiger partial charge in [-0.2, -0.15) is 5.26 Å². The Bertz CT molecular complexity index is 421. The van der Waals surface area contributed by atoms with Crippen LogP contribution >= 0.6 is 0 Å². The molecule has 98 valence electrons. The molecular formula is C15H22N2O. The molecule has 0 amide bonds. The summed E-state index contributed by atoms with van der Waals surface area (Å²) in [5.41, 5.74) is 1.77. The number of nitrogens with zero attached hydrogens (tertiary/aromatic N) is 2. The third-order valence-corrected chi connectivity index (χ3v) is 2.93. The van der Waals surface area contributed by atoms with Crippen molar-refractivity contribution in [3.63, 3.8) is 0 Å². The maximum atomic E-state index is 8.93. The number of hydrogen-bond acceptors (Lipinski definition) is 3. The van der Waals surface area contributed by atoms with Gasteiger partial charge in [0.25, 0.3) is 0 Å². The molecule has 0 N–H and O–H groups in total. The van der Waals surface area contributed by atoms with E-state index in [9.17, 15) is 0 Å². The van der Waals surface area contributed by atoms with Crippen LogP contribution in [0.25, 0.3) is 0 Å². The van der Waals surface area contributed by atoms with Crippen LogP contribution in [0.1, 0.15) is 31.4 Å². The van der Waals surface area contributed by atoms with Crippen molar-refractivity contribution in [2.45, 2.75) is 26.8 Å². The SMILES string of the molecule is COc1cc(CN(C)CCC(C)C)ccc1C#N. The third-order valence-electron chi connectivity index (χ3n) is 2.93. The van der Waals surface area contributed by atoms with Crippen LogP contribution in [-0.2, 0) is 6.54 Å². The Hall–Kier alpha value is -1.53. The molecule has 1 aromatic carbocycles. The first kappa shape index (κ1) is 14.5. The molecule has 3 heteroatoms. The molecule has 0 fully saturated rings. The summed E-state index contributed by atoms with van der Waals surface area (Å²) in [7, 11) is 3.72. The second kappa shape index (κ2) is 7.03. The molecular weight excluding hydrogens is 224 g/mol. The summed E-state index contributed by atoms with van der Waals surface area (Å²) in [5, 5.41) is 8.93. The van der Waals surface area contributed by atoms with Gasteiger partial charge < -0.3 is 9.64 Å². The Morgan fingerprint density at radius 1 is 1.39 bits per heavy atom. The van der Waals surface area contributed by atoms with Crippen molar-refractivity contribution in [1.29, 1.82) is 5.26 Å². The fraction of sp³-hybridized carbons (Fsp3) is 0.533. The topological polar surface area (TPSA) is 36.3 Å². The van der Waals surface area contributed by atoms with Crippen molar-refractivity contribution in [3.05, 3.63) is 29.3 Å². The standard InChI is InChI=1S/C15H22N2O/c1-12(2)7-8-17(3)11-13-5-6-14(10-16)15(9-13)18-4/h5-6,9,12H,7-8,11H2,1-4H3. The molecule has 0 radical (unpaired) electrons. The molecule has 0 aliphatic carbocycles. The molecule has 0 bridgehead atoms. The van der Waals surface area contributed by atoms with Gasteiger partial charge in [-0.1, -0.05) is 19.9 Å². The summed E-state index contributed by atoms with van der Waals surface area (Å²) in [6, 6.07) is 7.89. The number of benzene rings is 1. The fourth-order valence-electron chi connectivity index (χ4n) is 1.80. The van der Waals surface area contributed by atoms with Crippen molar-refractivity contribution >= 4 is 0 Å². The van der Waals surface area contributed by atoms with E-state index in [0.29, 0.717) is 11.3 Å². The van der Waals surface area contributed by atoms with E-state index in [1.54, 1.807) is 7.11 Å². The maximum absolute atomic E-state index is 8.93. The monoisotopic (exact) mass is 246 g/mol. The fourth-order valence-corrected chi connectivity index (χ4v) is 1.80. The molecule has 0 saturated heterocycles. The second-order valence-corrected chi connectivity index (χ2v) is 5.07. The summed E-state index contributed by atoms with van der Waals surface area (Å²) < 4.78 is 5.22. The van der Waals surface area contributed by atoms with Gasteiger partial charge in [0, 0.05) is 6.54 Å². The zero-order chi connectivity index (χ0) is 13.5. The van der Waals surface area contributed by atoms with Gasteiger partial charge in [-0.05, 0) is 43.6 Å². The highest BCUT2D eigenvalue weighted by molar-refractivity contribution is 5.45. The van der Waals surface area contributed by atoms with E-state index in [1.807, 2.05) is 18.2 Å². The van der Waals surface area contributed by atoms with Crippen LogP contribution in [0.3, 0.4) is 0 Å². The molecule has 0 unspecified atom stereocenters. The van der Waals surface area contributed by atoms with Crippen LogP contribution in [-0.4, -0.2) is 25.6 Å². The van der Waals surface area contributed by atoms with Crippen LogP contribution in [0.2, 0.25) is 0 Å². The van der Waals surface area contributed by atoms with Crippen LogP contribution in [0.4, 0.5) is 0 Å². The lowest BCUT2D eigenvalue weighted by atomic mass is 10.1. The molecule has 1 rings (SSSR count). The highest BCUT2D eigenvalue weighted by Gasteiger charge is 2.06. The Morgan fingerprint density at radius 3 is 2.67 bits per heavy atom. The van der Waals surface area contributed by atoms with Crippen molar-refractivity contribution < 1.29 is 4.74 Å². The van der Waals surface area contributed by atoms with Gasteiger partial charge in [0.05, 0.1) is 12.7 Å². The zero-order valence-corrected chi connectivity index (χ0v) is 11.7. The number of ether oxygens (including phenoxy) is 1. The normalized spacial score (nSPS) is 10.7. The zero-order valence-electron chi connectivity index (χ0n) is 11.7. The molecule has 0 saturated carbocycles. The van der Waals surface area contributed by atoms with E-state index < -0.39 is 0 Å². The maximum Gasteiger partial charge on any atom is 0.136 e. The molecule has 0 spiro atoms. The average molecular weight is 246 g/mol. The first-order chi connectivity index (χ1) is 8.56. The lowest BCUT2D eigenvalue weighted by Gasteiger charge is -2.18. The van der Waals surface area contributed by atoms with Crippen molar-refractivity contribution in [2.75, 3.05) is 20.7 Å². The predicted octanol–water partition coefficient (Wildman–Crippen LogP) is 3.04. The molecule has 1 aromatic rings. The van der Waals surface area contributed by atoms with E-state index in [2.05, 4.69) is 31.9 Å². The van der Waals surface area contributed by atoms with E-state index in [4.69, 9.17) is 10.00 Å². The van der Waals surface area contributed by atoms with Crippen LogP contribution in [0, 0.1) is 17.2 Å². The quantitative estimate of drug-likeness (QED) is 0.774. The van der Waals surface area contributed by atoms with E-state index in [-0.39, 0.29) is 0 Å². The third kappa shape index (κ3) is 4.38. The molecule has 0 aliphatic heterocycles. The molecule has 0 atom stereocenters. The summed E-state index contributed by atoms with van der Waals surface area (Å²) in [4.78, 5) is 2.29. The Kier molecular flexibility index (Phi) is 5.67. The first-order valence-electron chi connectivity index (χ1n) is 6.32. The van der Waals surface area contributed by atoms with Crippen molar-refractivity contribution in [3.8, 4) is 11.8 Å². The number of hydrogen-bond donors (Lipinski definition) is 0. The van der Waals surface area contributed by atoms with Gasteiger partial charge in [0.15, 0.2) is 0 Å². The number of rotatable bonds is 6. The van der Waals surface area contributed by atoms with Crippen LogP contribution in [0.5, 0.6) is 5.75 Å². The average Bonchev–Trinajstić information content (AvgIpc) is 2.36. The van der Waals surface area contributed by atoms with E-state index in [1.165, 1.54) is 12.0 Å².